The van der Waals surface area contributed by atoms with Gasteiger partial charge in [0.25, 0.3) is 0 Å². The molecule has 1 atom stereocenters. The van der Waals surface area contributed by atoms with Crippen LogP contribution in [0.1, 0.15) is 27.6 Å². The molecule has 0 aliphatic heterocycles. The van der Waals surface area contributed by atoms with E-state index in [4.69, 9.17) is 16.3 Å². The van der Waals surface area contributed by atoms with E-state index in [0.29, 0.717) is 5.56 Å². The standard InChI is InChI=1S/C16H16ClFO/c1-10-8-12(9-11(2)16(10)19-3)15(17)13-6-4-5-7-14(13)18/h4-9,15H,1-3H3. The maximum Gasteiger partial charge on any atom is 0.128 e. The zero-order valence-electron chi connectivity index (χ0n) is 11.2. The molecule has 0 radical (unpaired) electrons. The second-order valence-electron chi connectivity index (χ2n) is 4.57. The van der Waals surface area contributed by atoms with Crippen molar-refractivity contribution in [1.82, 2.24) is 0 Å². The highest BCUT2D eigenvalue weighted by molar-refractivity contribution is 6.22. The lowest BCUT2D eigenvalue weighted by Gasteiger charge is -2.15. The predicted molar refractivity (Wildman–Crippen MR) is 76.6 cm³/mol. The molecule has 0 spiro atoms. The number of benzene rings is 2. The molecule has 1 unspecified atom stereocenters. The smallest absolute Gasteiger partial charge is 0.128 e. The molecule has 1 nitrogen and oxygen atoms in total. The minimum Gasteiger partial charge on any atom is -0.496 e. The highest BCUT2D eigenvalue weighted by Gasteiger charge is 2.17. The number of aryl methyl sites for hydroxylation is 2. The van der Waals surface area contributed by atoms with E-state index in [1.807, 2.05) is 26.0 Å². The third-order valence-electron chi connectivity index (χ3n) is 3.16. The van der Waals surface area contributed by atoms with Crippen LogP contribution in [0, 0.1) is 19.7 Å². The van der Waals surface area contributed by atoms with Gasteiger partial charge in [-0.3, -0.25) is 0 Å². The first kappa shape index (κ1) is 13.9. The van der Waals surface area contributed by atoms with Crippen LogP contribution in [0.25, 0.3) is 0 Å². The first-order chi connectivity index (χ1) is 9.04. The van der Waals surface area contributed by atoms with Crippen LogP contribution in [0.3, 0.4) is 0 Å². The van der Waals surface area contributed by atoms with Crippen LogP contribution in [0.2, 0.25) is 0 Å². The minimum atomic E-state index is -0.496. The molecular weight excluding hydrogens is 263 g/mol. The lowest BCUT2D eigenvalue weighted by Crippen LogP contribution is -2.00. The Bertz CT molecular complexity index is 572. The number of rotatable bonds is 3. The summed E-state index contributed by atoms with van der Waals surface area (Å²) in [5.74, 6) is 0.565. The van der Waals surface area contributed by atoms with Crippen molar-refractivity contribution >= 4 is 11.6 Å². The van der Waals surface area contributed by atoms with Gasteiger partial charge in [0.1, 0.15) is 11.6 Å². The number of hydrogen-bond donors (Lipinski definition) is 0. The van der Waals surface area contributed by atoms with Gasteiger partial charge in [-0.1, -0.05) is 30.3 Å². The van der Waals surface area contributed by atoms with Gasteiger partial charge in [-0.05, 0) is 36.6 Å². The van der Waals surface area contributed by atoms with Crippen LogP contribution in [0.4, 0.5) is 4.39 Å². The lowest BCUT2D eigenvalue weighted by molar-refractivity contribution is 0.408. The zero-order valence-corrected chi connectivity index (χ0v) is 12.0. The Morgan fingerprint density at radius 2 is 1.68 bits per heavy atom. The van der Waals surface area contributed by atoms with Crippen molar-refractivity contribution < 1.29 is 9.13 Å². The van der Waals surface area contributed by atoms with Gasteiger partial charge < -0.3 is 4.74 Å². The summed E-state index contributed by atoms with van der Waals surface area (Å²) in [4.78, 5) is 0. The van der Waals surface area contributed by atoms with Gasteiger partial charge in [0.05, 0.1) is 12.5 Å². The van der Waals surface area contributed by atoms with E-state index in [-0.39, 0.29) is 5.82 Å². The van der Waals surface area contributed by atoms with Gasteiger partial charge in [0.15, 0.2) is 0 Å². The van der Waals surface area contributed by atoms with E-state index in [2.05, 4.69) is 0 Å². The SMILES string of the molecule is COc1c(C)cc(C(Cl)c2ccccc2F)cc1C. The van der Waals surface area contributed by atoms with Crippen LogP contribution in [0.5, 0.6) is 5.75 Å². The number of halogens is 2. The summed E-state index contributed by atoms with van der Waals surface area (Å²) in [7, 11) is 1.64. The first-order valence-corrected chi connectivity index (χ1v) is 6.52. The lowest BCUT2D eigenvalue weighted by atomic mass is 9.99. The van der Waals surface area contributed by atoms with Crippen molar-refractivity contribution in [3.05, 3.63) is 64.5 Å². The molecule has 2 aromatic rings. The second kappa shape index (κ2) is 5.62. The molecule has 19 heavy (non-hydrogen) atoms. The molecule has 0 aliphatic rings. The van der Waals surface area contributed by atoms with Crippen molar-refractivity contribution in [2.24, 2.45) is 0 Å². The summed E-state index contributed by atoms with van der Waals surface area (Å²) in [5, 5.41) is -0.496. The summed E-state index contributed by atoms with van der Waals surface area (Å²) in [6.07, 6.45) is 0. The van der Waals surface area contributed by atoms with Gasteiger partial charge in [-0.2, -0.15) is 0 Å². The first-order valence-electron chi connectivity index (χ1n) is 6.08. The summed E-state index contributed by atoms with van der Waals surface area (Å²) in [6.45, 7) is 3.92. The number of alkyl halides is 1. The van der Waals surface area contributed by atoms with E-state index >= 15 is 0 Å². The quantitative estimate of drug-likeness (QED) is 0.734. The van der Waals surface area contributed by atoms with E-state index in [1.165, 1.54) is 6.07 Å². The molecule has 0 heterocycles. The summed E-state index contributed by atoms with van der Waals surface area (Å²) >= 11 is 6.40. The molecule has 0 amide bonds. The topological polar surface area (TPSA) is 9.23 Å². The highest BCUT2D eigenvalue weighted by Crippen LogP contribution is 2.34. The average Bonchev–Trinajstić information content (AvgIpc) is 2.38. The Labute approximate surface area is 118 Å². The molecule has 0 aromatic heterocycles. The Morgan fingerprint density at radius 3 is 2.21 bits per heavy atom. The summed E-state index contributed by atoms with van der Waals surface area (Å²) < 4.78 is 19.1. The fourth-order valence-electron chi connectivity index (χ4n) is 2.31. The molecular formula is C16H16ClFO. The fraction of sp³-hybridized carbons (Fsp3) is 0.250. The van der Waals surface area contributed by atoms with Crippen LogP contribution >= 0.6 is 11.6 Å². The van der Waals surface area contributed by atoms with Crippen molar-refractivity contribution in [3.63, 3.8) is 0 Å². The Balaban J connectivity index is 2.45. The van der Waals surface area contributed by atoms with E-state index in [9.17, 15) is 4.39 Å². The molecule has 2 aromatic carbocycles. The maximum absolute atomic E-state index is 13.8. The molecule has 0 N–H and O–H groups in total. The van der Waals surface area contributed by atoms with Gasteiger partial charge in [0.2, 0.25) is 0 Å². The molecule has 3 heteroatoms. The van der Waals surface area contributed by atoms with Gasteiger partial charge in [0, 0.05) is 5.56 Å². The molecule has 0 aliphatic carbocycles. The molecule has 0 bridgehead atoms. The normalized spacial score (nSPS) is 12.3. The van der Waals surface area contributed by atoms with Crippen molar-refractivity contribution in [2.45, 2.75) is 19.2 Å². The van der Waals surface area contributed by atoms with Crippen LogP contribution in [-0.4, -0.2) is 7.11 Å². The molecule has 0 saturated heterocycles. The molecule has 0 fully saturated rings. The Morgan fingerprint density at radius 1 is 1.11 bits per heavy atom. The summed E-state index contributed by atoms with van der Waals surface area (Å²) in [5.41, 5.74) is 3.37. The average molecular weight is 279 g/mol. The Kier molecular flexibility index (Phi) is 4.11. The third-order valence-corrected chi connectivity index (χ3v) is 3.64. The van der Waals surface area contributed by atoms with Crippen molar-refractivity contribution in [2.75, 3.05) is 7.11 Å². The molecule has 2 rings (SSSR count). The summed E-state index contributed by atoms with van der Waals surface area (Å²) in [6, 6.07) is 10.5. The van der Waals surface area contributed by atoms with Gasteiger partial charge >= 0.3 is 0 Å². The number of hydrogen-bond acceptors (Lipinski definition) is 1. The van der Waals surface area contributed by atoms with Crippen molar-refractivity contribution in [1.29, 1.82) is 0 Å². The van der Waals surface area contributed by atoms with Crippen LogP contribution in [-0.2, 0) is 0 Å². The van der Waals surface area contributed by atoms with Crippen LogP contribution in [0.15, 0.2) is 36.4 Å². The second-order valence-corrected chi connectivity index (χ2v) is 5.01. The van der Waals surface area contributed by atoms with Gasteiger partial charge in [-0.15, -0.1) is 11.6 Å². The number of methoxy groups -OCH3 is 1. The van der Waals surface area contributed by atoms with E-state index < -0.39 is 5.38 Å². The van der Waals surface area contributed by atoms with E-state index in [1.54, 1.807) is 25.3 Å². The molecule has 0 saturated carbocycles. The van der Waals surface area contributed by atoms with Crippen LogP contribution < -0.4 is 4.74 Å². The zero-order chi connectivity index (χ0) is 14.0. The monoisotopic (exact) mass is 278 g/mol. The van der Waals surface area contributed by atoms with Crippen molar-refractivity contribution in [3.8, 4) is 5.75 Å². The largest absolute Gasteiger partial charge is 0.496 e. The minimum absolute atomic E-state index is 0.284. The number of ether oxygens (including phenoxy) is 1. The van der Waals surface area contributed by atoms with E-state index in [0.717, 1.165) is 22.4 Å². The fourth-order valence-corrected chi connectivity index (χ4v) is 2.62. The van der Waals surface area contributed by atoms with Gasteiger partial charge in [-0.25, -0.2) is 4.39 Å². The maximum atomic E-state index is 13.8. The third kappa shape index (κ3) is 2.74. The Hall–Kier alpha value is -1.54. The highest BCUT2D eigenvalue weighted by atomic mass is 35.5. The molecule has 100 valence electrons. The predicted octanol–water partition coefficient (Wildman–Crippen LogP) is 4.78.